The molecule has 15 heavy (non-hydrogen) atoms. The fraction of sp³-hybridized carbons (Fsp3) is 0.500. The summed E-state index contributed by atoms with van der Waals surface area (Å²) < 4.78 is 6.15. The lowest BCUT2D eigenvalue weighted by atomic mass is 9.91. The molecule has 84 valence electrons. The van der Waals surface area contributed by atoms with Crippen LogP contribution in [-0.2, 0) is 11.2 Å². The van der Waals surface area contributed by atoms with Gasteiger partial charge in [-0.1, -0.05) is 28.1 Å². The lowest BCUT2D eigenvalue weighted by Crippen LogP contribution is -2.39. The molecule has 1 rings (SSSR count). The fourth-order valence-electron chi connectivity index (χ4n) is 1.54. The van der Waals surface area contributed by atoms with E-state index in [9.17, 15) is 0 Å². The first-order valence-electron chi connectivity index (χ1n) is 5.06. The van der Waals surface area contributed by atoms with Crippen molar-refractivity contribution < 1.29 is 4.74 Å². The van der Waals surface area contributed by atoms with Crippen LogP contribution in [0.2, 0.25) is 0 Å². The van der Waals surface area contributed by atoms with E-state index in [1.807, 2.05) is 12.1 Å². The van der Waals surface area contributed by atoms with Gasteiger partial charge in [-0.3, -0.25) is 0 Å². The largest absolute Gasteiger partial charge is 0.385 e. The van der Waals surface area contributed by atoms with Gasteiger partial charge in [0, 0.05) is 23.7 Å². The number of rotatable bonds is 5. The zero-order valence-corrected chi connectivity index (χ0v) is 10.9. The van der Waals surface area contributed by atoms with Crippen LogP contribution in [0.1, 0.15) is 18.9 Å². The van der Waals surface area contributed by atoms with Crippen molar-refractivity contribution in [3.63, 3.8) is 0 Å². The third-order valence-corrected chi connectivity index (χ3v) is 2.87. The van der Waals surface area contributed by atoms with Crippen molar-refractivity contribution in [3.8, 4) is 0 Å². The molecule has 0 spiro atoms. The van der Waals surface area contributed by atoms with Crippen LogP contribution in [0.15, 0.2) is 28.7 Å². The van der Waals surface area contributed by atoms with Crippen molar-refractivity contribution in [1.82, 2.24) is 0 Å². The van der Waals surface area contributed by atoms with Gasteiger partial charge in [0.05, 0.1) is 0 Å². The Bertz CT molecular complexity index is 312. The summed E-state index contributed by atoms with van der Waals surface area (Å²) in [4.78, 5) is 0. The molecular weight excluding hydrogens is 254 g/mol. The Morgan fingerprint density at radius 2 is 2.20 bits per heavy atom. The topological polar surface area (TPSA) is 35.2 Å². The van der Waals surface area contributed by atoms with E-state index < -0.39 is 0 Å². The summed E-state index contributed by atoms with van der Waals surface area (Å²) in [7, 11) is 1.70. The molecule has 0 aromatic heterocycles. The Hall–Kier alpha value is -0.380. The highest BCUT2D eigenvalue weighted by Crippen LogP contribution is 2.18. The number of hydrogen-bond acceptors (Lipinski definition) is 2. The van der Waals surface area contributed by atoms with E-state index >= 15 is 0 Å². The summed E-state index contributed by atoms with van der Waals surface area (Å²) in [5.74, 6) is 0. The number of hydrogen-bond donors (Lipinski definition) is 1. The van der Waals surface area contributed by atoms with E-state index in [1.54, 1.807) is 7.11 Å². The maximum atomic E-state index is 6.19. The molecular formula is C12H18BrNO. The highest BCUT2D eigenvalue weighted by atomic mass is 79.9. The van der Waals surface area contributed by atoms with Crippen LogP contribution < -0.4 is 5.73 Å². The van der Waals surface area contributed by atoms with Crippen molar-refractivity contribution in [2.45, 2.75) is 25.3 Å². The summed E-state index contributed by atoms with van der Waals surface area (Å²) in [6, 6.07) is 8.26. The minimum Gasteiger partial charge on any atom is -0.385 e. The highest BCUT2D eigenvalue weighted by molar-refractivity contribution is 9.10. The monoisotopic (exact) mass is 271 g/mol. The molecule has 0 fully saturated rings. The van der Waals surface area contributed by atoms with Crippen LogP contribution >= 0.6 is 15.9 Å². The molecule has 3 heteroatoms. The highest BCUT2D eigenvalue weighted by Gasteiger charge is 2.18. The Kier molecular flexibility index (Phi) is 4.77. The Morgan fingerprint density at radius 1 is 1.47 bits per heavy atom. The molecule has 0 aliphatic carbocycles. The van der Waals surface area contributed by atoms with Crippen LogP contribution in [0.25, 0.3) is 0 Å². The first-order chi connectivity index (χ1) is 7.03. The minimum atomic E-state index is -0.198. The molecule has 0 bridgehead atoms. The van der Waals surface area contributed by atoms with Gasteiger partial charge in [-0.25, -0.2) is 0 Å². The third-order valence-electron chi connectivity index (χ3n) is 2.37. The van der Waals surface area contributed by atoms with Crippen LogP contribution in [0.4, 0.5) is 0 Å². The van der Waals surface area contributed by atoms with Gasteiger partial charge >= 0.3 is 0 Å². The quantitative estimate of drug-likeness (QED) is 0.894. The molecule has 2 nitrogen and oxygen atoms in total. The van der Waals surface area contributed by atoms with E-state index in [0.29, 0.717) is 6.61 Å². The summed E-state index contributed by atoms with van der Waals surface area (Å²) in [6.45, 7) is 2.77. The van der Waals surface area contributed by atoms with Crippen molar-refractivity contribution in [3.05, 3.63) is 34.3 Å². The predicted molar refractivity (Wildman–Crippen MR) is 66.9 cm³/mol. The standard InChI is InChI=1S/C12H18BrNO/c1-12(14,6-7-15-2)9-10-4-3-5-11(13)8-10/h3-5,8H,6-7,9,14H2,1-2H3. The molecule has 0 radical (unpaired) electrons. The zero-order valence-electron chi connectivity index (χ0n) is 9.29. The summed E-state index contributed by atoms with van der Waals surface area (Å²) >= 11 is 3.46. The lowest BCUT2D eigenvalue weighted by Gasteiger charge is -2.24. The number of nitrogens with two attached hydrogens (primary N) is 1. The minimum absolute atomic E-state index is 0.198. The molecule has 1 atom stereocenters. The average Bonchev–Trinajstić information content (AvgIpc) is 2.14. The molecule has 0 heterocycles. The van der Waals surface area contributed by atoms with Crippen molar-refractivity contribution in [1.29, 1.82) is 0 Å². The van der Waals surface area contributed by atoms with Gasteiger partial charge in [0.1, 0.15) is 0 Å². The second kappa shape index (κ2) is 5.64. The van der Waals surface area contributed by atoms with Crippen LogP contribution in [-0.4, -0.2) is 19.3 Å². The number of methoxy groups -OCH3 is 1. The van der Waals surface area contributed by atoms with E-state index in [4.69, 9.17) is 10.5 Å². The van der Waals surface area contributed by atoms with E-state index in [1.165, 1.54) is 5.56 Å². The summed E-state index contributed by atoms with van der Waals surface area (Å²) in [5, 5.41) is 0. The SMILES string of the molecule is COCCC(C)(N)Cc1cccc(Br)c1. The van der Waals surface area contributed by atoms with Crippen LogP contribution in [0.3, 0.4) is 0 Å². The number of benzene rings is 1. The molecule has 0 aliphatic rings. The zero-order chi connectivity index (χ0) is 11.3. The van der Waals surface area contributed by atoms with Gasteiger partial charge in [0.25, 0.3) is 0 Å². The maximum absolute atomic E-state index is 6.19. The molecule has 1 aromatic rings. The van der Waals surface area contributed by atoms with Crippen molar-refractivity contribution >= 4 is 15.9 Å². The number of ether oxygens (including phenoxy) is 1. The Morgan fingerprint density at radius 3 is 2.80 bits per heavy atom. The summed E-state index contributed by atoms with van der Waals surface area (Å²) in [6.07, 6.45) is 1.74. The third kappa shape index (κ3) is 4.78. The predicted octanol–water partition coefficient (Wildman–Crippen LogP) is 2.75. The number of halogens is 1. The van der Waals surface area contributed by atoms with Gasteiger partial charge in [0.2, 0.25) is 0 Å². The molecule has 0 saturated heterocycles. The molecule has 1 unspecified atom stereocenters. The van der Waals surface area contributed by atoms with Crippen LogP contribution in [0.5, 0.6) is 0 Å². The van der Waals surface area contributed by atoms with Crippen LogP contribution in [0, 0.1) is 0 Å². The second-order valence-corrected chi connectivity index (χ2v) is 5.12. The smallest absolute Gasteiger partial charge is 0.0479 e. The van der Waals surface area contributed by atoms with Gasteiger partial charge in [0.15, 0.2) is 0 Å². The Balaban J connectivity index is 2.60. The van der Waals surface area contributed by atoms with Crippen molar-refractivity contribution in [2.75, 3.05) is 13.7 Å². The summed E-state index contributed by atoms with van der Waals surface area (Å²) in [5.41, 5.74) is 7.25. The lowest BCUT2D eigenvalue weighted by molar-refractivity contribution is 0.171. The molecule has 0 amide bonds. The normalized spacial score (nSPS) is 14.9. The van der Waals surface area contributed by atoms with E-state index in [0.717, 1.165) is 17.3 Å². The fourth-order valence-corrected chi connectivity index (χ4v) is 1.98. The van der Waals surface area contributed by atoms with Gasteiger partial charge in [-0.05, 0) is 37.5 Å². The molecule has 0 aliphatic heterocycles. The first-order valence-corrected chi connectivity index (χ1v) is 5.85. The average molecular weight is 272 g/mol. The van der Waals surface area contributed by atoms with E-state index in [2.05, 4.69) is 35.0 Å². The Labute approximate surface area is 99.9 Å². The molecule has 2 N–H and O–H groups in total. The van der Waals surface area contributed by atoms with Gasteiger partial charge < -0.3 is 10.5 Å². The maximum Gasteiger partial charge on any atom is 0.0479 e. The first kappa shape index (κ1) is 12.7. The van der Waals surface area contributed by atoms with Gasteiger partial charge in [-0.15, -0.1) is 0 Å². The van der Waals surface area contributed by atoms with Crippen molar-refractivity contribution in [2.24, 2.45) is 5.73 Å². The second-order valence-electron chi connectivity index (χ2n) is 4.20. The van der Waals surface area contributed by atoms with Gasteiger partial charge in [-0.2, -0.15) is 0 Å². The van der Waals surface area contributed by atoms with E-state index in [-0.39, 0.29) is 5.54 Å². The molecule has 0 saturated carbocycles. The molecule has 1 aromatic carbocycles.